The summed E-state index contributed by atoms with van der Waals surface area (Å²) in [7, 11) is 0. The van der Waals surface area contributed by atoms with E-state index < -0.39 is 0 Å². The van der Waals surface area contributed by atoms with Gasteiger partial charge in [-0.1, -0.05) is 109 Å². The monoisotopic (exact) mass is 660 g/mol. The van der Waals surface area contributed by atoms with Gasteiger partial charge in [-0.05, 0) is 81.9 Å². The maximum absolute atomic E-state index is 5.79. The third-order valence-corrected chi connectivity index (χ3v) is 7.80. The van der Waals surface area contributed by atoms with Gasteiger partial charge in [-0.25, -0.2) is 0 Å². The van der Waals surface area contributed by atoms with Crippen molar-refractivity contribution < 1.29 is 18.9 Å². The minimum absolute atomic E-state index is 0.458. The van der Waals surface area contributed by atoms with Crippen LogP contribution in [0.1, 0.15) is 11.1 Å². The fourth-order valence-electron chi connectivity index (χ4n) is 5.10. The fourth-order valence-corrected chi connectivity index (χ4v) is 5.10. The molecular weight excluding hydrogens is 620 g/mol. The largest absolute Gasteiger partial charge is 0.491 e. The lowest BCUT2D eigenvalue weighted by molar-refractivity contribution is 0.0273. The van der Waals surface area contributed by atoms with Gasteiger partial charge in [-0.2, -0.15) is 0 Å². The van der Waals surface area contributed by atoms with Crippen LogP contribution in [0.3, 0.4) is 0 Å². The van der Waals surface area contributed by atoms with Gasteiger partial charge < -0.3 is 18.9 Å². The van der Waals surface area contributed by atoms with Gasteiger partial charge in [-0.15, -0.1) is 0 Å². The lowest BCUT2D eigenvalue weighted by Gasteiger charge is -2.09. The number of ether oxygens (including phenoxy) is 4. The summed E-state index contributed by atoms with van der Waals surface area (Å²) in [4.78, 5) is 9.17. The first-order valence-corrected chi connectivity index (χ1v) is 16.8. The van der Waals surface area contributed by atoms with Crippen molar-refractivity contribution in [3.63, 3.8) is 0 Å². The molecule has 0 aliphatic carbocycles. The second kappa shape index (κ2) is 18.7. The van der Waals surface area contributed by atoms with Gasteiger partial charge in [0.05, 0.1) is 37.8 Å². The minimum atomic E-state index is 0.458. The summed E-state index contributed by atoms with van der Waals surface area (Å²) in [5.41, 5.74) is 8.61. The van der Waals surface area contributed by atoms with E-state index in [0.717, 1.165) is 34.0 Å². The zero-order valence-electron chi connectivity index (χ0n) is 27.9. The van der Waals surface area contributed by atoms with Crippen molar-refractivity contribution in [2.24, 2.45) is 9.98 Å². The molecule has 0 saturated carbocycles. The average Bonchev–Trinajstić information content (AvgIpc) is 3.19. The van der Waals surface area contributed by atoms with E-state index in [1.807, 2.05) is 97.4 Å². The minimum Gasteiger partial charge on any atom is -0.491 e. The molecule has 0 N–H and O–H groups in total. The zero-order valence-corrected chi connectivity index (χ0v) is 27.9. The molecule has 0 aromatic heterocycles. The van der Waals surface area contributed by atoms with Crippen molar-refractivity contribution in [1.29, 1.82) is 0 Å². The summed E-state index contributed by atoms with van der Waals surface area (Å²) < 4.78 is 22.9. The van der Waals surface area contributed by atoms with Crippen LogP contribution < -0.4 is 9.47 Å². The Morgan fingerprint density at radius 1 is 0.340 bits per heavy atom. The van der Waals surface area contributed by atoms with Gasteiger partial charge in [0.15, 0.2) is 0 Å². The van der Waals surface area contributed by atoms with Crippen LogP contribution in [0.2, 0.25) is 0 Å². The van der Waals surface area contributed by atoms with E-state index in [2.05, 4.69) is 82.8 Å². The lowest BCUT2D eigenvalue weighted by Crippen LogP contribution is -2.13. The molecule has 0 spiro atoms. The fraction of sp³-hybridized carbons (Fsp3) is 0.136. The SMILES string of the molecule is C(=Nc1ccc(OCCOCCOCCOc2ccc(N=Cc3ccc(-c4ccccc4)cc3)cc2)cc1)c1ccc(-c2ccccc2)cc1. The molecule has 6 rings (SSSR count). The molecule has 0 aliphatic heterocycles. The van der Waals surface area contributed by atoms with Gasteiger partial charge in [0.2, 0.25) is 0 Å². The summed E-state index contributed by atoms with van der Waals surface area (Å²) >= 11 is 0. The molecule has 6 heteroatoms. The quantitative estimate of drug-likeness (QED) is 0.0722. The Balaban J connectivity index is 0.795. The highest BCUT2D eigenvalue weighted by atomic mass is 16.6. The highest BCUT2D eigenvalue weighted by Gasteiger charge is 2.00. The molecule has 0 bridgehead atoms. The summed E-state index contributed by atoms with van der Waals surface area (Å²) in [6.45, 7) is 2.86. The lowest BCUT2D eigenvalue weighted by atomic mass is 10.0. The van der Waals surface area contributed by atoms with Crippen molar-refractivity contribution in [3.05, 3.63) is 169 Å². The first kappa shape index (κ1) is 34.1. The average molecular weight is 661 g/mol. The summed E-state index contributed by atoms with van der Waals surface area (Å²) in [6, 6.07) is 52.9. The van der Waals surface area contributed by atoms with E-state index >= 15 is 0 Å². The standard InChI is InChI=1S/C44H40N2O4/c1-3-7-37(8-4-1)39-15-11-35(12-16-39)33-45-41-19-23-43(24-20-41)49-31-29-47-27-28-48-30-32-50-44-25-21-42(22-26-44)46-34-36-13-17-40(18-14-36)38-9-5-2-6-10-38/h1-26,33-34H,27-32H2. The molecular formula is C44H40N2O4. The van der Waals surface area contributed by atoms with E-state index in [4.69, 9.17) is 18.9 Å². The molecule has 0 fully saturated rings. The Morgan fingerprint density at radius 2 is 0.680 bits per heavy atom. The molecule has 0 amide bonds. The number of rotatable bonds is 17. The predicted octanol–water partition coefficient (Wildman–Crippen LogP) is 10.0. The predicted molar refractivity (Wildman–Crippen MR) is 204 cm³/mol. The third kappa shape index (κ3) is 10.9. The Labute approximate surface area is 294 Å². The molecule has 6 nitrogen and oxygen atoms in total. The van der Waals surface area contributed by atoms with E-state index in [-0.39, 0.29) is 0 Å². The highest BCUT2D eigenvalue weighted by molar-refractivity contribution is 5.84. The Hall–Kier alpha value is -5.82. The molecule has 0 heterocycles. The number of hydrogen-bond donors (Lipinski definition) is 0. The third-order valence-electron chi connectivity index (χ3n) is 7.80. The van der Waals surface area contributed by atoms with Crippen LogP contribution in [0.25, 0.3) is 22.3 Å². The maximum atomic E-state index is 5.79. The first-order chi connectivity index (χ1) is 24.8. The van der Waals surface area contributed by atoms with E-state index in [0.29, 0.717) is 39.6 Å². The van der Waals surface area contributed by atoms with Gasteiger partial charge in [-0.3, -0.25) is 9.98 Å². The smallest absolute Gasteiger partial charge is 0.119 e. The molecule has 0 unspecified atom stereocenters. The summed E-state index contributed by atoms with van der Waals surface area (Å²) in [5, 5.41) is 0. The molecule has 0 saturated heterocycles. The van der Waals surface area contributed by atoms with Crippen LogP contribution in [0, 0.1) is 0 Å². The number of benzene rings is 6. The van der Waals surface area contributed by atoms with Crippen LogP contribution in [-0.2, 0) is 9.47 Å². The van der Waals surface area contributed by atoms with Crippen LogP contribution in [-0.4, -0.2) is 52.1 Å². The number of hydrogen-bond acceptors (Lipinski definition) is 6. The normalized spacial score (nSPS) is 11.3. The molecule has 0 radical (unpaired) electrons. The Morgan fingerprint density at radius 3 is 1.06 bits per heavy atom. The van der Waals surface area contributed by atoms with E-state index in [1.54, 1.807) is 0 Å². The number of nitrogens with zero attached hydrogens (tertiary/aromatic N) is 2. The molecule has 250 valence electrons. The van der Waals surface area contributed by atoms with Crippen LogP contribution >= 0.6 is 0 Å². The first-order valence-electron chi connectivity index (χ1n) is 16.8. The van der Waals surface area contributed by atoms with Crippen molar-refractivity contribution in [1.82, 2.24) is 0 Å². The van der Waals surface area contributed by atoms with E-state index in [9.17, 15) is 0 Å². The van der Waals surface area contributed by atoms with Crippen LogP contribution in [0.4, 0.5) is 11.4 Å². The summed E-state index contributed by atoms with van der Waals surface area (Å²) in [5.74, 6) is 1.56. The van der Waals surface area contributed by atoms with Crippen molar-refractivity contribution in [2.75, 3.05) is 39.6 Å². The van der Waals surface area contributed by atoms with Gasteiger partial charge in [0.25, 0.3) is 0 Å². The second-order valence-corrected chi connectivity index (χ2v) is 11.4. The zero-order chi connectivity index (χ0) is 34.1. The van der Waals surface area contributed by atoms with Crippen LogP contribution in [0.15, 0.2) is 168 Å². The summed E-state index contributed by atoms with van der Waals surface area (Å²) in [6.07, 6.45) is 3.74. The Bertz CT molecular complexity index is 1760. The van der Waals surface area contributed by atoms with Crippen LogP contribution in [0.5, 0.6) is 11.5 Å². The van der Waals surface area contributed by atoms with Gasteiger partial charge >= 0.3 is 0 Å². The topological polar surface area (TPSA) is 61.6 Å². The molecule has 6 aromatic carbocycles. The van der Waals surface area contributed by atoms with Crippen molar-refractivity contribution in [3.8, 4) is 33.8 Å². The van der Waals surface area contributed by atoms with E-state index in [1.165, 1.54) is 22.3 Å². The van der Waals surface area contributed by atoms with Gasteiger partial charge in [0, 0.05) is 12.4 Å². The van der Waals surface area contributed by atoms with Crippen molar-refractivity contribution >= 4 is 23.8 Å². The van der Waals surface area contributed by atoms with Crippen molar-refractivity contribution in [2.45, 2.75) is 0 Å². The molecule has 50 heavy (non-hydrogen) atoms. The number of aliphatic imine (C=N–C) groups is 2. The Kier molecular flexibility index (Phi) is 12.7. The molecule has 0 atom stereocenters. The molecule has 0 aliphatic rings. The van der Waals surface area contributed by atoms with Gasteiger partial charge in [0.1, 0.15) is 24.7 Å². The molecule has 6 aromatic rings. The highest BCUT2D eigenvalue weighted by Crippen LogP contribution is 2.22. The maximum Gasteiger partial charge on any atom is 0.119 e. The second-order valence-electron chi connectivity index (χ2n) is 11.4.